The molecule has 2 bridgehead atoms. The van der Waals surface area contributed by atoms with Crippen molar-refractivity contribution in [2.24, 2.45) is 23.7 Å². The number of nitrogens with one attached hydrogen (secondary N) is 1. The molecule has 0 atom stereocenters. The Morgan fingerprint density at radius 2 is 1.45 bits per heavy atom. The summed E-state index contributed by atoms with van der Waals surface area (Å²) in [6, 6.07) is 0. The molecule has 3 fully saturated rings. The Morgan fingerprint density at radius 1 is 1.00 bits per heavy atom. The smallest absolute Gasteiger partial charge is 0.0465 e. The van der Waals surface area contributed by atoms with E-state index in [2.05, 4.69) is 5.32 Å². The van der Waals surface area contributed by atoms with Crippen molar-refractivity contribution in [1.82, 2.24) is 5.32 Å². The zero-order valence-corrected chi connectivity index (χ0v) is 6.53. The third-order valence-electron chi connectivity index (χ3n) is 3.38. The normalized spacial score (nSPS) is 48.5. The summed E-state index contributed by atoms with van der Waals surface area (Å²) >= 11 is 0. The molecule has 0 aromatic carbocycles. The van der Waals surface area contributed by atoms with Crippen molar-refractivity contribution >= 4 is 0 Å². The highest BCUT2D eigenvalue weighted by Gasteiger charge is 2.51. The second-order valence-electron chi connectivity index (χ2n) is 3.68. The molecule has 1 saturated carbocycles. The first-order valence-corrected chi connectivity index (χ1v) is 4.31. The molecule has 0 spiro atoms. The largest absolute Gasteiger partial charge is 0.396 e. The van der Waals surface area contributed by atoms with Crippen molar-refractivity contribution in [3.05, 3.63) is 0 Å². The Morgan fingerprint density at radius 3 is 1.82 bits per heavy atom. The van der Waals surface area contributed by atoms with Crippen LogP contribution in [-0.2, 0) is 0 Å². The van der Waals surface area contributed by atoms with Crippen LogP contribution in [-0.4, -0.2) is 36.5 Å². The van der Waals surface area contributed by atoms with Gasteiger partial charge in [0.05, 0.1) is 0 Å². The Balaban J connectivity index is 2.01. The maximum atomic E-state index is 9.00. The van der Waals surface area contributed by atoms with Crippen LogP contribution >= 0.6 is 0 Å². The first kappa shape index (κ1) is 7.53. The predicted molar refractivity (Wildman–Crippen MR) is 41.0 cm³/mol. The lowest BCUT2D eigenvalue weighted by Crippen LogP contribution is -2.62. The lowest BCUT2D eigenvalue weighted by atomic mass is 9.55. The predicted octanol–water partition coefficient (Wildman–Crippen LogP) is -0.947. The summed E-state index contributed by atoms with van der Waals surface area (Å²) in [4.78, 5) is 0. The van der Waals surface area contributed by atoms with Gasteiger partial charge in [0.2, 0.25) is 0 Å². The molecule has 3 rings (SSSR count). The van der Waals surface area contributed by atoms with Crippen LogP contribution in [0.5, 0.6) is 0 Å². The van der Waals surface area contributed by atoms with E-state index in [4.69, 9.17) is 10.2 Å². The van der Waals surface area contributed by atoms with Gasteiger partial charge >= 0.3 is 0 Å². The first-order valence-electron chi connectivity index (χ1n) is 4.31. The monoisotopic (exact) mass is 157 g/mol. The van der Waals surface area contributed by atoms with E-state index < -0.39 is 0 Å². The molecule has 3 N–H and O–H groups in total. The Bertz CT molecular complexity index is 127. The first-order chi connectivity index (χ1) is 5.38. The van der Waals surface area contributed by atoms with Crippen LogP contribution in [0, 0.1) is 23.7 Å². The van der Waals surface area contributed by atoms with Gasteiger partial charge in [-0.2, -0.15) is 0 Å². The van der Waals surface area contributed by atoms with Crippen molar-refractivity contribution in [2.45, 2.75) is 0 Å². The van der Waals surface area contributed by atoms with Crippen molar-refractivity contribution in [2.75, 3.05) is 26.3 Å². The fourth-order valence-electron chi connectivity index (χ4n) is 2.69. The summed E-state index contributed by atoms with van der Waals surface area (Å²) in [6.45, 7) is 2.56. The Hall–Kier alpha value is -0.120. The highest BCUT2D eigenvalue weighted by atomic mass is 16.3. The van der Waals surface area contributed by atoms with Crippen molar-refractivity contribution in [1.29, 1.82) is 0 Å². The second kappa shape index (κ2) is 2.73. The van der Waals surface area contributed by atoms with Crippen LogP contribution in [0.4, 0.5) is 0 Å². The van der Waals surface area contributed by atoms with E-state index in [-0.39, 0.29) is 0 Å². The number of hydrogen-bond donors (Lipinski definition) is 3. The summed E-state index contributed by atoms with van der Waals surface area (Å²) in [5, 5.41) is 21.3. The maximum absolute atomic E-state index is 9.00. The number of aliphatic hydroxyl groups excluding tert-OH is 2. The van der Waals surface area contributed by atoms with E-state index in [0.717, 1.165) is 13.1 Å². The van der Waals surface area contributed by atoms with Crippen LogP contribution < -0.4 is 5.32 Å². The summed E-state index contributed by atoms with van der Waals surface area (Å²) in [7, 11) is 0. The average molecular weight is 157 g/mol. The fraction of sp³-hybridized carbons (Fsp3) is 1.00. The van der Waals surface area contributed by atoms with Crippen molar-refractivity contribution in [3.63, 3.8) is 0 Å². The lowest BCUT2D eigenvalue weighted by Gasteiger charge is -2.55. The quantitative estimate of drug-likeness (QED) is 0.484. The molecule has 3 heteroatoms. The van der Waals surface area contributed by atoms with Gasteiger partial charge < -0.3 is 15.5 Å². The molecule has 64 valence electrons. The molecule has 0 aromatic rings. The molecule has 1 aliphatic carbocycles. The molecule has 2 saturated heterocycles. The highest BCUT2D eigenvalue weighted by Crippen LogP contribution is 2.47. The zero-order chi connectivity index (χ0) is 7.84. The number of fused-ring (bicyclic) bond motifs is 2. The minimum atomic E-state index is 0.299. The van der Waals surface area contributed by atoms with Crippen molar-refractivity contribution < 1.29 is 10.2 Å². The van der Waals surface area contributed by atoms with E-state index >= 15 is 0 Å². The van der Waals surface area contributed by atoms with Gasteiger partial charge in [-0.05, 0) is 36.8 Å². The summed E-state index contributed by atoms with van der Waals surface area (Å²) in [6.07, 6.45) is 0. The molecule has 0 unspecified atom stereocenters. The second-order valence-corrected chi connectivity index (χ2v) is 3.68. The van der Waals surface area contributed by atoms with Gasteiger partial charge in [0.1, 0.15) is 0 Å². The number of piperidine rings is 2. The molecule has 0 radical (unpaired) electrons. The number of aliphatic hydroxyl groups is 2. The maximum Gasteiger partial charge on any atom is 0.0465 e. The minimum absolute atomic E-state index is 0.299. The van der Waals surface area contributed by atoms with Crippen molar-refractivity contribution in [3.8, 4) is 0 Å². The van der Waals surface area contributed by atoms with Crippen LogP contribution in [0.25, 0.3) is 0 Å². The van der Waals surface area contributed by atoms with E-state index in [1.807, 2.05) is 0 Å². The van der Waals surface area contributed by atoms with Gasteiger partial charge in [0.25, 0.3) is 0 Å². The molecular formula is C8H15NO2. The number of hydrogen-bond acceptors (Lipinski definition) is 3. The van der Waals surface area contributed by atoms with Gasteiger partial charge in [-0.3, -0.25) is 0 Å². The van der Waals surface area contributed by atoms with Crippen LogP contribution in [0.2, 0.25) is 0 Å². The highest BCUT2D eigenvalue weighted by molar-refractivity contribution is 5.01. The molecule has 3 nitrogen and oxygen atoms in total. The van der Waals surface area contributed by atoms with Crippen LogP contribution in [0.3, 0.4) is 0 Å². The van der Waals surface area contributed by atoms with Crippen LogP contribution in [0.1, 0.15) is 0 Å². The lowest BCUT2D eigenvalue weighted by molar-refractivity contribution is -0.101. The fourth-order valence-corrected chi connectivity index (χ4v) is 2.69. The third kappa shape index (κ3) is 0.916. The van der Waals surface area contributed by atoms with E-state index in [1.54, 1.807) is 0 Å². The SMILES string of the molecule is OCC1C2CNCC1C2CO. The van der Waals surface area contributed by atoms with Gasteiger partial charge in [-0.1, -0.05) is 0 Å². The molecule has 0 amide bonds. The zero-order valence-electron chi connectivity index (χ0n) is 6.53. The molecular weight excluding hydrogens is 142 g/mol. The van der Waals surface area contributed by atoms with E-state index in [0.29, 0.717) is 36.9 Å². The van der Waals surface area contributed by atoms with E-state index in [9.17, 15) is 0 Å². The average Bonchev–Trinajstić information content (AvgIpc) is 2.07. The standard InChI is InChI=1S/C8H15NO2/c10-3-7-5-1-9-2-6(7)8(5)4-11/h5-11H,1-4H2. The third-order valence-corrected chi connectivity index (χ3v) is 3.38. The summed E-state index contributed by atoms with van der Waals surface area (Å²) in [5.41, 5.74) is 0. The van der Waals surface area contributed by atoms with E-state index in [1.165, 1.54) is 0 Å². The molecule has 2 heterocycles. The van der Waals surface area contributed by atoms with Gasteiger partial charge in [0, 0.05) is 13.2 Å². The van der Waals surface area contributed by atoms with Gasteiger partial charge in [-0.15, -0.1) is 0 Å². The van der Waals surface area contributed by atoms with Crippen LogP contribution in [0.15, 0.2) is 0 Å². The Kier molecular flexibility index (Phi) is 1.87. The molecule has 2 aliphatic heterocycles. The number of rotatable bonds is 2. The molecule has 0 aromatic heterocycles. The molecule has 3 aliphatic rings. The van der Waals surface area contributed by atoms with Gasteiger partial charge in [-0.25, -0.2) is 0 Å². The topological polar surface area (TPSA) is 52.5 Å². The minimum Gasteiger partial charge on any atom is -0.396 e. The molecule has 11 heavy (non-hydrogen) atoms. The summed E-state index contributed by atoms with van der Waals surface area (Å²) < 4.78 is 0. The summed E-state index contributed by atoms with van der Waals surface area (Å²) in [5.74, 6) is 1.99. The Labute approximate surface area is 66.4 Å². The van der Waals surface area contributed by atoms with Gasteiger partial charge in [0.15, 0.2) is 0 Å².